The lowest BCUT2D eigenvalue weighted by atomic mass is 10.1. The molecule has 0 bridgehead atoms. The number of amides is 1. The van der Waals surface area contributed by atoms with E-state index in [2.05, 4.69) is 27.1 Å². The first-order valence-corrected chi connectivity index (χ1v) is 12.7. The third-order valence-electron chi connectivity index (χ3n) is 4.86. The van der Waals surface area contributed by atoms with Gasteiger partial charge < -0.3 is 10.2 Å². The van der Waals surface area contributed by atoms with Crippen LogP contribution in [0.5, 0.6) is 0 Å². The molecule has 0 spiro atoms. The molecule has 33 heavy (non-hydrogen) atoms. The Kier molecular flexibility index (Phi) is 9.68. The highest BCUT2D eigenvalue weighted by molar-refractivity contribution is 7.98. The molecular weight excluding hydrogens is 499 g/mol. The summed E-state index contributed by atoms with van der Waals surface area (Å²) in [5.41, 5.74) is 2.54. The molecule has 0 aliphatic rings. The number of rotatable bonds is 10. The van der Waals surface area contributed by atoms with Crippen LogP contribution in [0.1, 0.15) is 34.8 Å². The molecule has 1 aromatic heterocycles. The highest BCUT2D eigenvalue weighted by Gasteiger charge is 2.10. The molecule has 1 heterocycles. The van der Waals surface area contributed by atoms with Gasteiger partial charge >= 0.3 is 0 Å². The average molecular weight is 524 g/mol. The molecule has 174 valence electrons. The number of benzene rings is 2. The summed E-state index contributed by atoms with van der Waals surface area (Å²) < 4.78 is 0. The average Bonchev–Trinajstić information content (AvgIpc) is 2.79. The molecule has 0 atom stereocenters. The molecule has 0 aliphatic carbocycles. The van der Waals surface area contributed by atoms with Crippen LogP contribution in [0.15, 0.2) is 53.7 Å². The SMILES string of the molecule is CCCN(C)c1cc(Cl)nc(SCc2cccc(C(=O)NCCc3ccc(Cl)cc3Cl)c2)n1. The highest BCUT2D eigenvalue weighted by atomic mass is 35.5. The standard InChI is InChI=1S/C24H25Cl3N4OS/c1-3-11-31(2)22-14-21(27)29-24(30-22)33-15-16-5-4-6-18(12-16)23(32)28-10-9-17-7-8-19(25)13-20(17)26/h4-8,12-14H,3,9-11,15H2,1-2H3,(H,28,32). The Morgan fingerprint density at radius 2 is 1.91 bits per heavy atom. The van der Waals surface area contributed by atoms with Crippen molar-refractivity contribution in [2.75, 3.05) is 25.0 Å². The van der Waals surface area contributed by atoms with Crippen LogP contribution in [0.25, 0.3) is 0 Å². The molecule has 0 fully saturated rings. The number of hydrogen-bond donors (Lipinski definition) is 1. The Labute approximate surface area is 213 Å². The summed E-state index contributed by atoms with van der Waals surface area (Å²) in [5, 5.41) is 5.16. The Hall–Kier alpha value is -1.99. The fourth-order valence-corrected chi connectivity index (χ4v) is 4.71. The Bertz CT molecular complexity index is 1110. The number of carbonyl (C=O) groups is 1. The zero-order valence-corrected chi connectivity index (χ0v) is 21.5. The quantitative estimate of drug-likeness (QED) is 0.185. The third kappa shape index (κ3) is 7.78. The number of anilines is 1. The maximum Gasteiger partial charge on any atom is 0.251 e. The second-order valence-corrected chi connectivity index (χ2v) is 9.66. The van der Waals surface area contributed by atoms with Crippen LogP contribution < -0.4 is 10.2 Å². The summed E-state index contributed by atoms with van der Waals surface area (Å²) in [5.74, 6) is 1.29. The van der Waals surface area contributed by atoms with Crippen LogP contribution >= 0.6 is 46.6 Å². The number of hydrogen-bond acceptors (Lipinski definition) is 5. The number of thioether (sulfide) groups is 1. The Balaban J connectivity index is 1.57. The summed E-state index contributed by atoms with van der Waals surface area (Å²) in [6.07, 6.45) is 1.64. The molecule has 0 aliphatic heterocycles. The van der Waals surface area contributed by atoms with Gasteiger partial charge in [-0.25, -0.2) is 9.97 Å². The maximum atomic E-state index is 12.6. The van der Waals surface area contributed by atoms with Gasteiger partial charge in [0.05, 0.1) is 0 Å². The molecule has 0 saturated heterocycles. The minimum atomic E-state index is -0.130. The van der Waals surface area contributed by atoms with Gasteiger partial charge in [0.25, 0.3) is 5.91 Å². The van der Waals surface area contributed by atoms with Crippen molar-refractivity contribution in [1.82, 2.24) is 15.3 Å². The predicted octanol–water partition coefficient (Wildman–Crippen LogP) is 6.55. The second kappa shape index (κ2) is 12.5. The minimum Gasteiger partial charge on any atom is -0.360 e. The first-order valence-electron chi connectivity index (χ1n) is 10.5. The van der Waals surface area contributed by atoms with Crippen LogP contribution in [0, 0.1) is 0 Å². The van der Waals surface area contributed by atoms with E-state index < -0.39 is 0 Å². The minimum absolute atomic E-state index is 0.130. The summed E-state index contributed by atoms with van der Waals surface area (Å²) in [7, 11) is 1.99. The second-order valence-electron chi connectivity index (χ2n) is 7.48. The maximum absolute atomic E-state index is 12.6. The van der Waals surface area contributed by atoms with Crippen molar-refractivity contribution in [2.45, 2.75) is 30.7 Å². The number of halogens is 3. The van der Waals surface area contributed by atoms with Gasteiger partial charge in [0.15, 0.2) is 5.16 Å². The molecular formula is C24H25Cl3N4OS. The molecule has 3 rings (SSSR count). The van der Waals surface area contributed by atoms with Crippen LogP contribution in [-0.2, 0) is 12.2 Å². The fraction of sp³-hybridized carbons (Fsp3) is 0.292. The lowest BCUT2D eigenvalue weighted by molar-refractivity contribution is 0.0954. The van der Waals surface area contributed by atoms with E-state index in [9.17, 15) is 4.79 Å². The monoisotopic (exact) mass is 522 g/mol. The molecule has 9 heteroatoms. The molecule has 1 amide bonds. The van der Waals surface area contributed by atoms with Crippen molar-refractivity contribution >= 4 is 58.3 Å². The molecule has 5 nitrogen and oxygen atoms in total. The van der Waals surface area contributed by atoms with Gasteiger partial charge in [-0.15, -0.1) is 0 Å². The van der Waals surface area contributed by atoms with Crippen molar-refractivity contribution in [3.8, 4) is 0 Å². The molecule has 1 N–H and O–H groups in total. The molecule has 2 aromatic carbocycles. The number of carbonyl (C=O) groups excluding carboxylic acids is 1. The normalized spacial score (nSPS) is 10.8. The van der Waals surface area contributed by atoms with E-state index in [1.54, 1.807) is 24.3 Å². The van der Waals surface area contributed by atoms with Crippen molar-refractivity contribution in [1.29, 1.82) is 0 Å². The van der Waals surface area contributed by atoms with Gasteiger partial charge in [0.2, 0.25) is 0 Å². The first-order chi connectivity index (χ1) is 15.9. The van der Waals surface area contributed by atoms with Crippen LogP contribution in [-0.4, -0.2) is 36.0 Å². The highest BCUT2D eigenvalue weighted by Crippen LogP contribution is 2.25. The summed E-state index contributed by atoms with van der Waals surface area (Å²) >= 11 is 19.8. The van der Waals surface area contributed by atoms with Gasteiger partial charge in [-0.3, -0.25) is 4.79 Å². The van der Waals surface area contributed by atoms with Crippen molar-refractivity contribution in [3.63, 3.8) is 0 Å². The van der Waals surface area contributed by atoms with Gasteiger partial charge in [-0.1, -0.05) is 71.7 Å². The Morgan fingerprint density at radius 1 is 1.09 bits per heavy atom. The van der Waals surface area contributed by atoms with Gasteiger partial charge in [0, 0.05) is 47.6 Å². The Morgan fingerprint density at radius 3 is 2.67 bits per heavy atom. The lowest BCUT2D eigenvalue weighted by Gasteiger charge is -2.17. The van der Waals surface area contributed by atoms with Crippen molar-refractivity contribution in [2.24, 2.45) is 0 Å². The van der Waals surface area contributed by atoms with E-state index in [4.69, 9.17) is 34.8 Å². The fourth-order valence-electron chi connectivity index (χ4n) is 3.18. The molecule has 3 aromatic rings. The van der Waals surface area contributed by atoms with Gasteiger partial charge in [0.1, 0.15) is 11.0 Å². The first kappa shape index (κ1) is 25.6. The zero-order valence-electron chi connectivity index (χ0n) is 18.4. The smallest absolute Gasteiger partial charge is 0.251 e. The number of aromatic nitrogens is 2. The van der Waals surface area contributed by atoms with Gasteiger partial charge in [-0.2, -0.15) is 0 Å². The van der Waals surface area contributed by atoms with E-state index in [-0.39, 0.29) is 5.91 Å². The van der Waals surface area contributed by atoms with E-state index in [0.29, 0.717) is 44.6 Å². The topological polar surface area (TPSA) is 58.1 Å². The zero-order chi connectivity index (χ0) is 23.8. The van der Waals surface area contributed by atoms with E-state index in [0.717, 1.165) is 29.9 Å². The van der Waals surface area contributed by atoms with Crippen LogP contribution in [0.2, 0.25) is 15.2 Å². The van der Waals surface area contributed by atoms with Crippen LogP contribution in [0.4, 0.5) is 5.82 Å². The number of nitrogens with zero attached hydrogens (tertiary/aromatic N) is 3. The van der Waals surface area contributed by atoms with Gasteiger partial charge in [-0.05, 0) is 48.2 Å². The van der Waals surface area contributed by atoms with Crippen molar-refractivity contribution in [3.05, 3.63) is 80.4 Å². The molecule has 0 unspecified atom stereocenters. The van der Waals surface area contributed by atoms with E-state index >= 15 is 0 Å². The number of nitrogens with one attached hydrogen (secondary N) is 1. The lowest BCUT2D eigenvalue weighted by Crippen LogP contribution is -2.25. The molecule has 0 saturated carbocycles. The largest absolute Gasteiger partial charge is 0.360 e. The van der Waals surface area contributed by atoms with Crippen LogP contribution in [0.3, 0.4) is 0 Å². The van der Waals surface area contributed by atoms with E-state index in [1.165, 1.54) is 11.8 Å². The third-order valence-corrected chi connectivity index (χ3v) is 6.56. The summed E-state index contributed by atoms with van der Waals surface area (Å²) in [4.78, 5) is 23.6. The summed E-state index contributed by atoms with van der Waals surface area (Å²) in [6, 6.07) is 14.7. The van der Waals surface area contributed by atoms with E-state index in [1.807, 2.05) is 31.3 Å². The molecule has 0 radical (unpaired) electrons. The predicted molar refractivity (Wildman–Crippen MR) is 139 cm³/mol. The van der Waals surface area contributed by atoms with Crippen molar-refractivity contribution < 1.29 is 4.79 Å². The summed E-state index contributed by atoms with van der Waals surface area (Å²) in [6.45, 7) is 3.48.